The van der Waals surface area contributed by atoms with Crippen molar-refractivity contribution in [3.8, 4) is 0 Å². The van der Waals surface area contributed by atoms with Gasteiger partial charge in [0.2, 0.25) is 5.91 Å². The van der Waals surface area contributed by atoms with E-state index in [1.807, 2.05) is 6.92 Å². The molecule has 18 heavy (non-hydrogen) atoms. The molecule has 0 N–H and O–H groups in total. The van der Waals surface area contributed by atoms with Crippen LogP contribution in [0.3, 0.4) is 0 Å². The average molecular weight is 253 g/mol. The Labute approximate surface area is 109 Å². The van der Waals surface area contributed by atoms with E-state index in [0.717, 1.165) is 31.1 Å². The van der Waals surface area contributed by atoms with Gasteiger partial charge in [-0.25, -0.2) is 0 Å². The zero-order valence-corrected chi connectivity index (χ0v) is 11.4. The Kier molecular flexibility index (Phi) is 4.25. The fourth-order valence-corrected chi connectivity index (χ4v) is 3.07. The molecule has 2 fully saturated rings. The molecule has 0 heterocycles. The predicted molar refractivity (Wildman–Crippen MR) is 67.8 cm³/mol. The minimum absolute atomic E-state index is 0.117. The lowest BCUT2D eigenvalue weighted by molar-refractivity contribution is -0.150. The second kappa shape index (κ2) is 5.72. The Morgan fingerprint density at radius 3 is 2.39 bits per heavy atom. The zero-order valence-electron chi connectivity index (χ0n) is 11.4. The lowest BCUT2D eigenvalue weighted by atomic mass is 10.0. The van der Waals surface area contributed by atoms with Gasteiger partial charge < -0.3 is 9.64 Å². The second-order valence-electron chi connectivity index (χ2n) is 5.49. The third kappa shape index (κ3) is 3.03. The molecule has 2 unspecified atom stereocenters. The largest absolute Gasteiger partial charge is 0.465 e. The van der Waals surface area contributed by atoms with Gasteiger partial charge in [0.05, 0.1) is 6.61 Å². The number of ether oxygens (including phenoxy) is 1. The summed E-state index contributed by atoms with van der Waals surface area (Å²) >= 11 is 0. The third-order valence-corrected chi connectivity index (χ3v) is 4.02. The van der Waals surface area contributed by atoms with Gasteiger partial charge in [0.15, 0.2) is 0 Å². The first-order valence-corrected chi connectivity index (χ1v) is 7.10. The smallest absolute Gasteiger partial charge is 0.325 e. The van der Waals surface area contributed by atoms with Gasteiger partial charge in [0, 0.05) is 12.5 Å². The standard InChI is InChI=1S/C14H23NO3/c1-3-5-15(9-13(16)18-4-2)14(17)12-7-10-6-11(10)8-12/h10-12H,3-9H2,1-2H3. The van der Waals surface area contributed by atoms with Crippen molar-refractivity contribution >= 4 is 11.9 Å². The normalized spacial score (nSPS) is 28.7. The number of fused-ring (bicyclic) bond motifs is 1. The molecule has 0 aromatic heterocycles. The molecule has 0 aliphatic heterocycles. The molecule has 2 aliphatic carbocycles. The van der Waals surface area contributed by atoms with Crippen LogP contribution in [0.25, 0.3) is 0 Å². The van der Waals surface area contributed by atoms with Crippen molar-refractivity contribution in [1.82, 2.24) is 4.90 Å². The number of rotatable bonds is 6. The van der Waals surface area contributed by atoms with E-state index in [0.29, 0.717) is 13.2 Å². The monoisotopic (exact) mass is 253 g/mol. The van der Waals surface area contributed by atoms with Gasteiger partial charge in [-0.05, 0) is 44.4 Å². The van der Waals surface area contributed by atoms with Crippen LogP contribution in [0.1, 0.15) is 39.5 Å². The summed E-state index contributed by atoms with van der Waals surface area (Å²) in [7, 11) is 0. The molecule has 0 bridgehead atoms. The zero-order chi connectivity index (χ0) is 13.1. The Morgan fingerprint density at radius 2 is 1.83 bits per heavy atom. The minimum atomic E-state index is -0.289. The van der Waals surface area contributed by atoms with Crippen molar-refractivity contribution in [2.45, 2.75) is 39.5 Å². The van der Waals surface area contributed by atoms with E-state index in [-0.39, 0.29) is 24.3 Å². The van der Waals surface area contributed by atoms with Crippen LogP contribution in [0, 0.1) is 17.8 Å². The van der Waals surface area contributed by atoms with Crippen LogP contribution in [0.5, 0.6) is 0 Å². The van der Waals surface area contributed by atoms with Gasteiger partial charge in [-0.15, -0.1) is 0 Å². The minimum Gasteiger partial charge on any atom is -0.465 e. The van der Waals surface area contributed by atoms with E-state index in [4.69, 9.17) is 4.74 Å². The van der Waals surface area contributed by atoms with Gasteiger partial charge >= 0.3 is 5.97 Å². The van der Waals surface area contributed by atoms with Crippen LogP contribution in [-0.2, 0) is 14.3 Å². The predicted octanol–water partition coefficient (Wildman–Crippen LogP) is 1.83. The fourth-order valence-electron chi connectivity index (χ4n) is 3.07. The van der Waals surface area contributed by atoms with E-state index in [2.05, 4.69) is 0 Å². The molecule has 1 amide bonds. The molecular formula is C14H23NO3. The molecule has 2 saturated carbocycles. The van der Waals surface area contributed by atoms with Crippen LogP contribution < -0.4 is 0 Å². The number of hydrogen-bond acceptors (Lipinski definition) is 3. The van der Waals surface area contributed by atoms with E-state index in [9.17, 15) is 9.59 Å². The molecule has 2 rings (SSSR count). The Morgan fingerprint density at radius 1 is 1.17 bits per heavy atom. The van der Waals surface area contributed by atoms with Crippen molar-refractivity contribution in [1.29, 1.82) is 0 Å². The molecule has 0 aromatic rings. The van der Waals surface area contributed by atoms with Gasteiger partial charge in [-0.3, -0.25) is 9.59 Å². The summed E-state index contributed by atoms with van der Waals surface area (Å²) in [6.07, 6.45) is 4.26. The van der Waals surface area contributed by atoms with Crippen LogP contribution in [-0.4, -0.2) is 36.5 Å². The molecule has 0 radical (unpaired) electrons. The fraction of sp³-hybridized carbons (Fsp3) is 0.857. The van der Waals surface area contributed by atoms with E-state index >= 15 is 0 Å². The Balaban J connectivity index is 1.87. The van der Waals surface area contributed by atoms with E-state index in [1.165, 1.54) is 6.42 Å². The van der Waals surface area contributed by atoms with Crippen LogP contribution in [0.2, 0.25) is 0 Å². The highest BCUT2D eigenvalue weighted by Gasteiger charge is 2.48. The highest BCUT2D eigenvalue weighted by Crippen LogP contribution is 2.54. The summed E-state index contributed by atoms with van der Waals surface area (Å²) in [6.45, 7) is 4.96. The van der Waals surface area contributed by atoms with Gasteiger partial charge in [0.1, 0.15) is 6.54 Å². The third-order valence-electron chi connectivity index (χ3n) is 4.02. The molecule has 2 atom stereocenters. The maximum absolute atomic E-state index is 12.4. The maximum Gasteiger partial charge on any atom is 0.325 e. The molecule has 0 spiro atoms. The van der Waals surface area contributed by atoms with Gasteiger partial charge in [-0.2, -0.15) is 0 Å². The Bertz CT molecular complexity index is 319. The van der Waals surface area contributed by atoms with Gasteiger partial charge in [-0.1, -0.05) is 6.92 Å². The van der Waals surface area contributed by atoms with E-state index in [1.54, 1.807) is 11.8 Å². The SMILES string of the molecule is CCCN(CC(=O)OCC)C(=O)C1CC2CC2C1. The molecule has 2 aliphatic rings. The number of carbonyl (C=O) groups is 2. The van der Waals surface area contributed by atoms with Crippen LogP contribution in [0.15, 0.2) is 0 Å². The summed E-state index contributed by atoms with van der Waals surface area (Å²) in [4.78, 5) is 25.6. The van der Waals surface area contributed by atoms with E-state index < -0.39 is 0 Å². The summed E-state index contributed by atoms with van der Waals surface area (Å²) < 4.78 is 4.93. The Hall–Kier alpha value is -1.06. The molecule has 0 saturated heterocycles. The number of nitrogens with zero attached hydrogens (tertiary/aromatic N) is 1. The quantitative estimate of drug-likeness (QED) is 0.678. The van der Waals surface area contributed by atoms with Crippen molar-refractivity contribution in [2.75, 3.05) is 19.7 Å². The molecular weight excluding hydrogens is 230 g/mol. The van der Waals surface area contributed by atoms with Crippen molar-refractivity contribution in [2.24, 2.45) is 17.8 Å². The molecule has 102 valence electrons. The summed E-state index contributed by atoms with van der Waals surface area (Å²) in [5, 5.41) is 0. The second-order valence-corrected chi connectivity index (χ2v) is 5.49. The summed E-state index contributed by atoms with van der Waals surface area (Å²) in [6, 6.07) is 0. The van der Waals surface area contributed by atoms with Crippen molar-refractivity contribution in [3.63, 3.8) is 0 Å². The number of hydrogen-bond donors (Lipinski definition) is 0. The lowest BCUT2D eigenvalue weighted by Gasteiger charge is -2.24. The van der Waals surface area contributed by atoms with Crippen LogP contribution >= 0.6 is 0 Å². The van der Waals surface area contributed by atoms with Crippen LogP contribution in [0.4, 0.5) is 0 Å². The highest BCUT2D eigenvalue weighted by molar-refractivity contribution is 5.84. The molecule has 4 heteroatoms. The van der Waals surface area contributed by atoms with Gasteiger partial charge in [0.25, 0.3) is 0 Å². The highest BCUT2D eigenvalue weighted by atomic mass is 16.5. The number of carbonyl (C=O) groups excluding carboxylic acids is 2. The number of esters is 1. The summed E-state index contributed by atoms with van der Waals surface area (Å²) in [5.74, 6) is 1.63. The number of amides is 1. The average Bonchev–Trinajstić information content (AvgIpc) is 2.95. The first-order valence-electron chi connectivity index (χ1n) is 7.10. The van der Waals surface area contributed by atoms with Crippen molar-refractivity contribution < 1.29 is 14.3 Å². The molecule has 4 nitrogen and oxygen atoms in total. The topological polar surface area (TPSA) is 46.6 Å². The summed E-state index contributed by atoms with van der Waals surface area (Å²) in [5.41, 5.74) is 0. The molecule has 0 aromatic carbocycles. The first kappa shape index (κ1) is 13.4. The first-order chi connectivity index (χ1) is 8.65. The lowest BCUT2D eigenvalue weighted by Crippen LogP contribution is -2.40. The maximum atomic E-state index is 12.4. The van der Waals surface area contributed by atoms with Crippen molar-refractivity contribution in [3.05, 3.63) is 0 Å².